The van der Waals surface area contributed by atoms with Gasteiger partial charge in [-0.25, -0.2) is 0 Å². The van der Waals surface area contributed by atoms with Gasteiger partial charge < -0.3 is 10.2 Å². The fraction of sp³-hybridized carbons (Fsp3) is 0.800. The molecular formula is C10H18N4S2. The maximum absolute atomic E-state index is 4.22. The van der Waals surface area contributed by atoms with Crippen LogP contribution in [0.4, 0.5) is 5.13 Å². The molecule has 16 heavy (non-hydrogen) atoms. The Bertz CT molecular complexity index is 318. The van der Waals surface area contributed by atoms with Crippen LogP contribution in [0.5, 0.6) is 0 Å². The molecule has 4 nitrogen and oxygen atoms in total. The Morgan fingerprint density at radius 1 is 1.38 bits per heavy atom. The molecule has 2 heterocycles. The van der Waals surface area contributed by atoms with Gasteiger partial charge in [-0.05, 0) is 19.4 Å². The molecule has 1 saturated heterocycles. The molecule has 1 unspecified atom stereocenters. The molecule has 0 saturated carbocycles. The number of hydrogen-bond acceptors (Lipinski definition) is 6. The van der Waals surface area contributed by atoms with E-state index in [1.54, 1.807) is 11.3 Å². The summed E-state index contributed by atoms with van der Waals surface area (Å²) in [6.45, 7) is 2.26. The molecule has 6 heteroatoms. The van der Waals surface area contributed by atoms with Crippen molar-refractivity contribution < 1.29 is 0 Å². The smallest absolute Gasteiger partial charge is 0.208 e. The van der Waals surface area contributed by atoms with E-state index in [2.05, 4.69) is 15.5 Å². The van der Waals surface area contributed by atoms with Crippen LogP contribution < -0.4 is 10.2 Å². The molecule has 0 radical (unpaired) electrons. The summed E-state index contributed by atoms with van der Waals surface area (Å²) in [4.78, 5) is 2.01. The number of aromatic nitrogens is 2. The summed E-state index contributed by atoms with van der Waals surface area (Å²) >= 11 is 3.55. The van der Waals surface area contributed by atoms with Crippen molar-refractivity contribution in [2.45, 2.75) is 28.9 Å². The first-order valence-corrected chi connectivity index (χ1v) is 7.33. The van der Waals surface area contributed by atoms with Crippen molar-refractivity contribution in [2.75, 3.05) is 32.1 Å². The minimum absolute atomic E-state index is 0.658. The summed E-state index contributed by atoms with van der Waals surface area (Å²) < 4.78 is 1.09. The zero-order valence-electron chi connectivity index (χ0n) is 9.77. The summed E-state index contributed by atoms with van der Waals surface area (Å²) in [6.07, 6.45) is 3.91. The van der Waals surface area contributed by atoms with E-state index in [0.29, 0.717) is 5.25 Å². The van der Waals surface area contributed by atoms with E-state index >= 15 is 0 Å². The lowest BCUT2D eigenvalue weighted by Gasteiger charge is -2.10. The van der Waals surface area contributed by atoms with E-state index in [4.69, 9.17) is 0 Å². The predicted molar refractivity (Wildman–Crippen MR) is 70.6 cm³/mol. The summed E-state index contributed by atoms with van der Waals surface area (Å²) in [5.41, 5.74) is 0. The molecular weight excluding hydrogens is 240 g/mol. The van der Waals surface area contributed by atoms with Crippen molar-refractivity contribution in [2.24, 2.45) is 0 Å². The van der Waals surface area contributed by atoms with Crippen LogP contribution in [0.1, 0.15) is 19.3 Å². The van der Waals surface area contributed by atoms with Gasteiger partial charge in [0.2, 0.25) is 5.13 Å². The molecule has 1 aliphatic rings. The number of nitrogens with zero attached hydrogens (tertiary/aromatic N) is 3. The zero-order chi connectivity index (χ0) is 11.4. The van der Waals surface area contributed by atoms with Gasteiger partial charge in [0.25, 0.3) is 0 Å². The van der Waals surface area contributed by atoms with Crippen LogP contribution in [-0.2, 0) is 0 Å². The van der Waals surface area contributed by atoms with Gasteiger partial charge in [-0.15, -0.1) is 10.2 Å². The van der Waals surface area contributed by atoms with Crippen molar-refractivity contribution in [3.05, 3.63) is 0 Å². The number of hydrogen-bond donors (Lipinski definition) is 1. The number of anilines is 1. The molecule has 1 aliphatic heterocycles. The Hall–Kier alpha value is -0.330. The maximum atomic E-state index is 4.22. The monoisotopic (exact) mass is 258 g/mol. The van der Waals surface area contributed by atoms with E-state index < -0.39 is 0 Å². The third-order valence-corrected chi connectivity index (χ3v) is 4.99. The molecule has 90 valence electrons. The first-order valence-electron chi connectivity index (χ1n) is 5.64. The molecule has 0 amide bonds. The molecule has 1 aromatic heterocycles. The maximum Gasteiger partial charge on any atom is 0.208 e. The second kappa shape index (κ2) is 5.84. The lowest BCUT2D eigenvalue weighted by atomic mass is 10.2. The van der Waals surface area contributed by atoms with Crippen LogP contribution in [0.25, 0.3) is 0 Å². The van der Waals surface area contributed by atoms with Crippen molar-refractivity contribution in [3.63, 3.8) is 0 Å². The van der Waals surface area contributed by atoms with E-state index in [-0.39, 0.29) is 0 Å². The molecule has 2 rings (SSSR count). The second-order valence-electron chi connectivity index (χ2n) is 4.18. The van der Waals surface area contributed by atoms with Gasteiger partial charge in [-0.1, -0.05) is 29.5 Å². The van der Waals surface area contributed by atoms with Crippen LogP contribution >= 0.6 is 23.1 Å². The summed E-state index contributed by atoms with van der Waals surface area (Å²) in [7, 11) is 4.00. The van der Waals surface area contributed by atoms with E-state index in [0.717, 1.165) is 22.6 Å². The van der Waals surface area contributed by atoms with Gasteiger partial charge in [0.15, 0.2) is 4.34 Å². The average Bonchev–Trinajstić information content (AvgIpc) is 2.56. The van der Waals surface area contributed by atoms with Gasteiger partial charge >= 0.3 is 0 Å². The molecule has 1 fully saturated rings. The third-order valence-electron chi connectivity index (χ3n) is 2.55. The van der Waals surface area contributed by atoms with Gasteiger partial charge in [-0.2, -0.15) is 0 Å². The van der Waals surface area contributed by atoms with Crippen molar-refractivity contribution in [3.8, 4) is 0 Å². The molecule has 0 aromatic carbocycles. The lowest BCUT2D eigenvalue weighted by molar-refractivity contribution is 0.706. The lowest BCUT2D eigenvalue weighted by Crippen LogP contribution is -2.22. The van der Waals surface area contributed by atoms with Gasteiger partial charge in [0.1, 0.15) is 0 Å². The van der Waals surface area contributed by atoms with Crippen LogP contribution in [0.2, 0.25) is 0 Å². The molecule has 1 N–H and O–H groups in total. The highest BCUT2D eigenvalue weighted by atomic mass is 32.2. The van der Waals surface area contributed by atoms with Crippen LogP contribution in [0, 0.1) is 0 Å². The minimum atomic E-state index is 0.658. The third kappa shape index (κ3) is 3.33. The SMILES string of the molecule is CN(C)c1nnc(SC2CCCCNC2)s1. The first-order chi connectivity index (χ1) is 7.75. The second-order valence-corrected chi connectivity index (χ2v) is 6.69. The van der Waals surface area contributed by atoms with Gasteiger partial charge in [-0.3, -0.25) is 0 Å². The molecule has 1 aromatic rings. The Morgan fingerprint density at radius 3 is 3.00 bits per heavy atom. The Balaban J connectivity index is 1.91. The predicted octanol–water partition coefficient (Wildman–Crippen LogP) is 1.84. The highest BCUT2D eigenvalue weighted by molar-refractivity contribution is 8.01. The Kier molecular flexibility index (Phi) is 4.43. The molecule has 0 bridgehead atoms. The van der Waals surface area contributed by atoms with E-state index in [1.807, 2.05) is 30.8 Å². The number of thioether (sulfide) groups is 1. The average molecular weight is 258 g/mol. The minimum Gasteiger partial charge on any atom is -0.353 e. The van der Waals surface area contributed by atoms with Crippen molar-refractivity contribution >= 4 is 28.2 Å². The highest BCUT2D eigenvalue weighted by Gasteiger charge is 2.16. The molecule has 1 atom stereocenters. The van der Waals surface area contributed by atoms with Crippen LogP contribution in [-0.4, -0.2) is 42.6 Å². The summed E-state index contributed by atoms with van der Waals surface area (Å²) in [6, 6.07) is 0. The van der Waals surface area contributed by atoms with Gasteiger partial charge in [0, 0.05) is 25.9 Å². The summed E-state index contributed by atoms with van der Waals surface area (Å²) in [5.74, 6) is 0. The topological polar surface area (TPSA) is 41.1 Å². The van der Waals surface area contributed by atoms with E-state index in [9.17, 15) is 0 Å². The van der Waals surface area contributed by atoms with Gasteiger partial charge in [0.05, 0.1) is 0 Å². The van der Waals surface area contributed by atoms with E-state index in [1.165, 1.54) is 19.3 Å². The fourth-order valence-electron chi connectivity index (χ4n) is 1.66. The summed E-state index contributed by atoms with van der Waals surface area (Å²) in [5, 5.41) is 13.5. The zero-order valence-corrected chi connectivity index (χ0v) is 11.4. The Labute approximate surface area is 105 Å². The fourth-order valence-corrected chi connectivity index (χ4v) is 3.85. The highest BCUT2D eigenvalue weighted by Crippen LogP contribution is 2.32. The quantitative estimate of drug-likeness (QED) is 0.896. The molecule has 0 aliphatic carbocycles. The normalized spacial score (nSPS) is 21.8. The standard InChI is InChI=1S/C10H18N4S2/c1-14(2)9-12-13-10(16-9)15-8-5-3-4-6-11-7-8/h8,11H,3-7H2,1-2H3. The first kappa shape index (κ1) is 12.1. The molecule has 0 spiro atoms. The van der Waals surface area contributed by atoms with Crippen LogP contribution in [0.3, 0.4) is 0 Å². The van der Waals surface area contributed by atoms with Crippen molar-refractivity contribution in [1.82, 2.24) is 15.5 Å². The largest absolute Gasteiger partial charge is 0.353 e. The Morgan fingerprint density at radius 2 is 2.25 bits per heavy atom. The van der Waals surface area contributed by atoms with Crippen LogP contribution in [0.15, 0.2) is 4.34 Å². The number of nitrogens with one attached hydrogen (secondary N) is 1. The number of rotatable bonds is 3. The van der Waals surface area contributed by atoms with Crippen molar-refractivity contribution in [1.29, 1.82) is 0 Å².